The number of nitrogens with zero attached hydrogens (tertiary/aromatic N) is 2. The predicted octanol–water partition coefficient (Wildman–Crippen LogP) is 1.15. The summed E-state index contributed by atoms with van der Waals surface area (Å²) in [7, 11) is 0. The van der Waals surface area contributed by atoms with Crippen molar-refractivity contribution < 1.29 is 19.8 Å². The van der Waals surface area contributed by atoms with Gasteiger partial charge in [-0.25, -0.2) is 0 Å². The van der Waals surface area contributed by atoms with Crippen molar-refractivity contribution in [1.82, 2.24) is 9.80 Å². The monoisotopic (exact) mass is 352 g/mol. The van der Waals surface area contributed by atoms with Crippen molar-refractivity contribution in [3.8, 4) is 0 Å². The van der Waals surface area contributed by atoms with Crippen LogP contribution in [0.15, 0.2) is 0 Å². The number of unbranched alkanes of at least 4 members (excludes halogenated alkanes) is 1. The van der Waals surface area contributed by atoms with Crippen molar-refractivity contribution in [2.24, 2.45) is 11.8 Å². The van der Waals surface area contributed by atoms with Crippen molar-refractivity contribution in [2.75, 3.05) is 26.2 Å². The predicted molar refractivity (Wildman–Crippen MR) is 93.7 cm³/mol. The van der Waals surface area contributed by atoms with Gasteiger partial charge in [-0.3, -0.25) is 9.59 Å². The molecule has 0 radical (unpaired) electrons. The Morgan fingerprint density at radius 2 is 1.84 bits per heavy atom. The van der Waals surface area contributed by atoms with Crippen molar-refractivity contribution >= 4 is 11.8 Å². The fourth-order valence-electron chi connectivity index (χ4n) is 4.82. The van der Waals surface area contributed by atoms with E-state index in [-0.39, 0.29) is 36.5 Å². The van der Waals surface area contributed by atoms with E-state index in [0.29, 0.717) is 12.3 Å². The van der Waals surface area contributed by atoms with Crippen molar-refractivity contribution in [3.05, 3.63) is 0 Å². The summed E-state index contributed by atoms with van der Waals surface area (Å²) >= 11 is 0. The van der Waals surface area contributed by atoms with Gasteiger partial charge in [-0.1, -0.05) is 0 Å². The van der Waals surface area contributed by atoms with Crippen LogP contribution in [0.4, 0.5) is 0 Å². The standard InChI is InChI=1S/C19H32N2O4/c22-12-2-1-10-21-17-9-11-20(13-15(17)5-8-18(21)24)19(25)14-3-6-16(23)7-4-14/h14-17,22-23H,1-13H2/t14?,15-,16?,17+/m1/s1. The van der Waals surface area contributed by atoms with Crippen LogP contribution in [-0.4, -0.2) is 70.2 Å². The second-order valence-electron chi connectivity index (χ2n) is 7.96. The minimum Gasteiger partial charge on any atom is -0.396 e. The van der Waals surface area contributed by atoms with Gasteiger partial charge in [0.15, 0.2) is 0 Å². The molecule has 6 heteroatoms. The highest BCUT2D eigenvalue weighted by Crippen LogP contribution is 2.33. The maximum absolute atomic E-state index is 12.8. The van der Waals surface area contributed by atoms with Gasteiger partial charge in [-0.15, -0.1) is 0 Å². The molecule has 142 valence electrons. The van der Waals surface area contributed by atoms with Crippen LogP contribution in [0.25, 0.3) is 0 Å². The Morgan fingerprint density at radius 3 is 2.56 bits per heavy atom. The first kappa shape index (κ1) is 18.6. The third kappa shape index (κ3) is 4.34. The average Bonchev–Trinajstić information content (AvgIpc) is 2.63. The van der Waals surface area contributed by atoms with E-state index in [4.69, 9.17) is 5.11 Å². The summed E-state index contributed by atoms with van der Waals surface area (Å²) in [6.45, 7) is 2.42. The van der Waals surface area contributed by atoms with Gasteiger partial charge < -0.3 is 20.0 Å². The van der Waals surface area contributed by atoms with Gasteiger partial charge in [0.25, 0.3) is 0 Å². The normalized spacial score (nSPS) is 33.3. The van der Waals surface area contributed by atoms with Gasteiger partial charge in [-0.05, 0) is 57.3 Å². The quantitative estimate of drug-likeness (QED) is 0.728. The first-order chi connectivity index (χ1) is 12.1. The first-order valence-electron chi connectivity index (χ1n) is 9.97. The number of carbonyl (C=O) groups excluding carboxylic acids is 2. The molecule has 2 heterocycles. The van der Waals surface area contributed by atoms with E-state index in [1.807, 2.05) is 9.80 Å². The maximum atomic E-state index is 12.8. The second kappa shape index (κ2) is 8.49. The fraction of sp³-hybridized carbons (Fsp3) is 0.895. The van der Waals surface area contributed by atoms with E-state index < -0.39 is 0 Å². The van der Waals surface area contributed by atoms with Crippen LogP contribution >= 0.6 is 0 Å². The number of hydrogen-bond acceptors (Lipinski definition) is 4. The van der Waals surface area contributed by atoms with Crippen LogP contribution in [-0.2, 0) is 9.59 Å². The molecule has 2 N–H and O–H groups in total. The van der Waals surface area contributed by atoms with Crippen LogP contribution in [0.3, 0.4) is 0 Å². The minimum atomic E-state index is -0.230. The summed E-state index contributed by atoms with van der Waals surface area (Å²) in [6, 6.07) is 0.261. The summed E-state index contributed by atoms with van der Waals surface area (Å²) in [5, 5.41) is 18.6. The molecule has 2 saturated heterocycles. The van der Waals surface area contributed by atoms with Gasteiger partial charge in [0, 0.05) is 44.6 Å². The smallest absolute Gasteiger partial charge is 0.225 e. The number of aliphatic hydroxyl groups is 2. The summed E-state index contributed by atoms with van der Waals surface area (Å²) in [6.07, 6.45) is 6.77. The molecule has 0 unspecified atom stereocenters. The molecule has 3 fully saturated rings. The third-order valence-electron chi connectivity index (χ3n) is 6.31. The molecule has 0 aromatic heterocycles. The molecule has 1 aliphatic carbocycles. The summed E-state index contributed by atoms with van der Waals surface area (Å²) in [5.74, 6) is 0.957. The van der Waals surface area contributed by atoms with Crippen LogP contribution in [0.5, 0.6) is 0 Å². The fourth-order valence-corrected chi connectivity index (χ4v) is 4.82. The Balaban J connectivity index is 1.56. The van der Waals surface area contributed by atoms with E-state index in [2.05, 4.69) is 0 Å². The Bertz CT molecular complexity index is 476. The Hall–Kier alpha value is -1.14. The summed E-state index contributed by atoms with van der Waals surface area (Å²) < 4.78 is 0. The molecule has 0 aromatic carbocycles. The topological polar surface area (TPSA) is 81.1 Å². The van der Waals surface area contributed by atoms with Crippen molar-refractivity contribution in [1.29, 1.82) is 0 Å². The van der Waals surface area contributed by atoms with Crippen LogP contribution in [0.2, 0.25) is 0 Å². The van der Waals surface area contributed by atoms with E-state index in [1.165, 1.54) is 0 Å². The van der Waals surface area contributed by atoms with E-state index in [9.17, 15) is 14.7 Å². The molecule has 0 spiro atoms. The molecule has 3 rings (SSSR count). The molecule has 2 aliphatic heterocycles. The molecule has 6 nitrogen and oxygen atoms in total. The highest BCUT2D eigenvalue weighted by Gasteiger charge is 2.41. The lowest BCUT2D eigenvalue weighted by Gasteiger charge is -2.47. The van der Waals surface area contributed by atoms with E-state index in [0.717, 1.165) is 71.0 Å². The first-order valence-corrected chi connectivity index (χ1v) is 9.97. The molecular formula is C19H32N2O4. The lowest BCUT2D eigenvalue weighted by molar-refractivity contribution is -0.146. The zero-order chi connectivity index (χ0) is 17.8. The third-order valence-corrected chi connectivity index (χ3v) is 6.31. The zero-order valence-corrected chi connectivity index (χ0v) is 15.1. The SMILES string of the molecule is O=C(C1CCC(O)CC1)N1CC[C@H]2[C@H](CCC(=O)N2CCCCO)C1. The number of amides is 2. The maximum Gasteiger partial charge on any atom is 0.225 e. The summed E-state index contributed by atoms with van der Waals surface area (Å²) in [4.78, 5) is 29.2. The van der Waals surface area contributed by atoms with Crippen LogP contribution in [0, 0.1) is 11.8 Å². The molecule has 3 aliphatic rings. The van der Waals surface area contributed by atoms with Crippen LogP contribution < -0.4 is 0 Å². The molecule has 25 heavy (non-hydrogen) atoms. The zero-order valence-electron chi connectivity index (χ0n) is 15.1. The Kier molecular flexibility index (Phi) is 6.34. The molecule has 1 saturated carbocycles. The van der Waals surface area contributed by atoms with Crippen molar-refractivity contribution in [3.63, 3.8) is 0 Å². The number of fused-ring (bicyclic) bond motifs is 1. The number of likely N-dealkylation sites (tertiary alicyclic amines) is 2. The van der Waals surface area contributed by atoms with Gasteiger partial charge in [0.05, 0.1) is 6.10 Å². The molecule has 2 amide bonds. The largest absolute Gasteiger partial charge is 0.396 e. The van der Waals surface area contributed by atoms with Crippen LogP contribution in [0.1, 0.15) is 57.8 Å². The number of rotatable bonds is 5. The lowest BCUT2D eigenvalue weighted by atomic mass is 9.81. The molecular weight excluding hydrogens is 320 g/mol. The lowest BCUT2D eigenvalue weighted by Crippen LogP contribution is -2.57. The molecule has 0 bridgehead atoms. The van der Waals surface area contributed by atoms with E-state index >= 15 is 0 Å². The molecule has 0 aromatic rings. The van der Waals surface area contributed by atoms with Gasteiger partial charge in [-0.2, -0.15) is 0 Å². The number of hydrogen-bond donors (Lipinski definition) is 2. The Labute approximate surface area is 150 Å². The number of piperidine rings is 2. The number of aliphatic hydroxyl groups excluding tert-OH is 2. The Morgan fingerprint density at radius 1 is 1.08 bits per heavy atom. The summed E-state index contributed by atoms with van der Waals surface area (Å²) in [5.41, 5.74) is 0. The molecule has 2 atom stereocenters. The van der Waals surface area contributed by atoms with E-state index in [1.54, 1.807) is 0 Å². The number of carbonyl (C=O) groups is 2. The highest BCUT2D eigenvalue weighted by atomic mass is 16.3. The average molecular weight is 352 g/mol. The van der Waals surface area contributed by atoms with Crippen molar-refractivity contribution in [2.45, 2.75) is 69.9 Å². The van der Waals surface area contributed by atoms with Gasteiger partial charge in [0.1, 0.15) is 0 Å². The highest BCUT2D eigenvalue weighted by molar-refractivity contribution is 5.80. The van der Waals surface area contributed by atoms with Gasteiger partial charge in [0.2, 0.25) is 11.8 Å². The van der Waals surface area contributed by atoms with Gasteiger partial charge >= 0.3 is 0 Å². The minimum absolute atomic E-state index is 0.0748. The second-order valence-corrected chi connectivity index (χ2v) is 7.96.